The maximum absolute atomic E-state index is 12.8. The quantitative estimate of drug-likeness (QED) is 0.884. The lowest BCUT2D eigenvalue weighted by Crippen LogP contribution is -2.50. The van der Waals surface area contributed by atoms with Crippen molar-refractivity contribution < 1.29 is 9.18 Å². The predicted octanol–water partition coefficient (Wildman–Crippen LogP) is 1.85. The summed E-state index contributed by atoms with van der Waals surface area (Å²) in [6.45, 7) is 0. The first kappa shape index (κ1) is 12.6. The third-order valence-corrected chi connectivity index (χ3v) is 4.33. The van der Waals surface area contributed by atoms with Gasteiger partial charge in [-0.3, -0.25) is 4.79 Å². The van der Waals surface area contributed by atoms with Gasteiger partial charge in [0.1, 0.15) is 5.82 Å². The standard InChI is InChI=1S/C15H19FN2O/c16-11-3-1-10(2-4-11)7-15(19)18-13-5-6-14(18)9-12(17)8-13/h1-4,12-14H,5-9,17H2. The summed E-state index contributed by atoms with van der Waals surface area (Å²) in [5.41, 5.74) is 6.88. The molecular formula is C15H19FN2O. The molecule has 2 aliphatic heterocycles. The molecule has 2 fully saturated rings. The molecule has 19 heavy (non-hydrogen) atoms. The average Bonchev–Trinajstić information content (AvgIpc) is 2.65. The minimum atomic E-state index is -0.264. The molecule has 0 saturated carbocycles. The Balaban J connectivity index is 1.69. The summed E-state index contributed by atoms with van der Waals surface area (Å²) in [5, 5.41) is 0. The van der Waals surface area contributed by atoms with E-state index in [0.29, 0.717) is 18.5 Å². The summed E-state index contributed by atoms with van der Waals surface area (Å²) in [6, 6.07) is 7.07. The number of carbonyl (C=O) groups excluding carboxylic acids is 1. The molecule has 2 heterocycles. The predicted molar refractivity (Wildman–Crippen MR) is 71.0 cm³/mol. The minimum Gasteiger partial charge on any atom is -0.336 e. The zero-order valence-corrected chi connectivity index (χ0v) is 10.9. The molecule has 0 aliphatic carbocycles. The number of amides is 1. The van der Waals surface area contributed by atoms with Crippen LogP contribution in [0, 0.1) is 5.82 Å². The molecule has 3 rings (SSSR count). The van der Waals surface area contributed by atoms with Crippen molar-refractivity contribution in [3.05, 3.63) is 35.6 Å². The molecule has 0 radical (unpaired) electrons. The highest BCUT2D eigenvalue weighted by molar-refractivity contribution is 5.80. The Hall–Kier alpha value is -1.42. The maximum atomic E-state index is 12.8. The Morgan fingerprint density at radius 1 is 1.21 bits per heavy atom. The van der Waals surface area contributed by atoms with Crippen LogP contribution < -0.4 is 5.73 Å². The number of piperidine rings is 1. The van der Waals surface area contributed by atoms with Crippen LogP contribution in [0.2, 0.25) is 0 Å². The molecule has 1 aromatic carbocycles. The van der Waals surface area contributed by atoms with Gasteiger partial charge in [0, 0.05) is 18.1 Å². The second-order valence-corrected chi connectivity index (χ2v) is 5.72. The third kappa shape index (κ3) is 2.50. The molecule has 2 bridgehead atoms. The molecule has 4 heteroatoms. The van der Waals surface area contributed by atoms with Gasteiger partial charge in [-0.2, -0.15) is 0 Å². The van der Waals surface area contributed by atoms with Gasteiger partial charge >= 0.3 is 0 Å². The molecule has 2 saturated heterocycles. The molecule has 2 atom stereocenters. The molecule has 1 aromatic rings. The summed E-state index contributed by atoms with van der Waals surface area (Å²) in [7, 11) is 0. The van der Waals surface area contributed by atoms with Crippen LogP contribution in [-0.4, -0.2) is 28.9 Å². The van der Waals surface area contributed by atoms with E-state index in [2.05, 4.69) is 0 Å². The van der Waals surface area contributed by atoms with Crippen LogP contribution in [0.4, 0.5) is 4.39 Å². The van der Waals surface area contributed by atoms with Crippen molar-refractivity contribution in [3.63, 3.8) is 0 Å². The zero-order chi connectivity index (χ0) is 13.4. The largest absolute Gasteiger partial charge is 0.336 e. The number of halogens is 1. The van der Waals surface area contributed by atoms with E-state index in [4.69, 9.17) is 5.73 Å². The van der Waals surface area contributed by atoms with Crippen LogP contribution in [0.25, 0.3) is 0 Å². The molecule has 3 nitrogen and oxygen atoms in total. The van der Waals surface area contributed by atoms with E-state index in [0.717, 1.165) is 31.2 Å². The lowest BCUT2D eigenvalue weighted by molar-refractivity contribution is -0.135. The Kier molecular flexibility index (Phi) is 3.27. The molecule has 1 amide bonds. The van der Waals surface area contributed by atoms with E-state index in [1.54, 1.807) is 12.1 Å². The second-order valence-electron chi connectivity index (χ2n) is 5.72. The van der Waals surface area contributed by atoms with Crippen LogP contribution >= 0.6 is 0 Å². The minimum absolute atomic E-state index is 0.158. The van der Waals surface area contributed by atoms with Crippen molar-refractivity contribution >= 4 is 5.91 Å². The number of fused-ring (bicyclic) bond motifs is 2. The van der Waals surface area contributed by atoms with Crippen molar-refractivity contribution in [2.24, 2.45) is 5.73 Å². The summed E-state index contributed by atoms with van der Waals surface area (Å²) in [4.78, 5) is 14.4. The van der Waals surface area contributed by atoms with Crippen LogP contribution in [0.15, 0.2) is 24.3 Å². The molecule has 2 unspecified atom stereocenters. The number of rotatable bonds is 2. The number of benzene rings is 1. The number of hydrogen-bond donors (Lipinski definition) is 1. The van der Waals surface area contributed by atoms with Gasteiger partial charge in [0.15, 0.2) is 0 Å². The van der Waals surface area contributed by atoms with Crippen molar-refractivity contribution in [1.82, 2.24) is 4.90 Å². The number of hydrogen-bond acceptors (Lipinski definition) is 2. The Morgan fingerprint density at radius 3 is 2.37 bits per heavy atom. The van der Waals surface area contributed by atoms with E-state index < -0.39 is 0 Å². The van der Waals surface area contributed by atoms with Gasteiger partial charge in [-0.25, -0.2) is 4.39 Å². The van der Waals surface area contributed by atoms with Gasteiger partial charge < -0.3 is 10.6 Å². The van der Waals surface area contributed by atoms with Gasteiger partial charge in [0.2, 0.25) is 5.91 Å². The number of nitrogens with two attached hydrogens (primary N) is 1. The average molecular weight is 262 g/mol. The molecule has 102 valence electrons. The van der Waals surface area contributed by atoms with Gasteiger partial charge in [-0.1, -0.05) is 12.1 Å². The number of nitrogens with zero attached hydrogens (tertiary/aromatic N) is 1. The first-order valence-electron chi connectivity index (χ1n) is 6.94. The van der Waals surface area contributed by atoms with E-state index in [-0.39, 0.29) is 17.8 Å². The summed E-state index contributed by atoms with van der Waals surface area (Å²) in [5.74, 6) is -0.105. The van der Waals surface area contributed by atoms with E-state index in [1.165, 1.54) is 12.1 Å². The molecule has 0 aromatic heterocycles. The van der Waals surface area contributed by atoms with Gasteiger partial charge in [0.25, 0.3) is 0 Å². The molecule has 2 aliphatic rings. The topological polar surface area (TPSA) is 46.3 Å². The highest BCUT2D eigenvalue weighted by atomic mass is 19.1. The Bertz CT molecular complexity index is 460. The second kappa shape index (κ2) is 4.93. The number of carbonyl (C=O) groups is 1. The SMILES string of the molecule is NC1CC2CCC(C1)N2C(=O)Cc1ccc(F)cc1. The highest BCUT2D eigenvalue weighted by Gasteiger charge is 2.41. The van der Waals surface area contributed by atoms with E-state index in [9.17, 15) is 9.18 Å². The lowest BCUT2D eigenvalue weighted by Gasteiger charge is -2.37. The maximum Gasteiger partial charge on any atom is 0.227 e. The smallest absolute Gasteiger partial charge is 0.227 e. The monoisotopic (exact) mass is 262 g/mol. The first-order chi connectivity index (χ1) is 9.13. The van der Waals surface area contributed by atoms with Crippen LogP contribution in [-0.2, 0) is 11.2 Å². The van der Waals surface area contributed by atoms with Crippen LogP contribution in [0.1, 0.15) is 31.2 Å². The van der Waals surface area contributed by atoms with Crippen molar-refractivity contribution in [2.45, 2.75) is 50.2 Å². The van der Waals surface area contributed by atoms with Crippen molar-refractivity contribution in [3.8, 4) is 0 Å². The third-order valence-electron chi connectivity index (χ3n) is 4.33. The zero-order valence-electron chi connectivity index (χ0n) is 10.9. The van der Waals surface area contributed by atoms with Gasteiger partial charge in [-0.05, 0) is 43.4 Å². The van der Waals surface area contributed by atoms with E-state index in [1.807, 2.05) is 4.90 Å². The summed E-state index contributed by atoms with van der Waals surface area (Å²) in [6.07, 6.45) is 4.36. The Labute approximate surface area is 112 Å². The van der Waals surface area contributed by atoms with Gasteiger partial charge in [0.05, 0.1) is 6.42 Å². The van der Waals surface area contributed by atoms with Gasteiger partial charge in [-0.15, -0.1) is 0 Å². The Morgan fingerprint density at radius 2 is 1.79 bits per heavy atom. The summed E-state index contributed by atoms with van der Waals surface area (Å²) < 4.78 is 12.8. The van der Waals surface area contributed by atoms with Crippen molar-refractivity contribution in [2.75, 3.05) is 0 Å². The van der Waals surface area contributed by atoms with Crippen molar-refractivity contribution in [1.29, 1.82) is 0 Å². The fraction of sp³-hybridized carbons (Fsp3) is 0.533. The highest BCUT2D eigenvalue weighted by Crippen LogP contribution is 2.35. The molecule has 2 N–H and O–H groups in total. The summed E-state index contributed by atoms with van der Waals surface area (Å²) >= 11 is 0. The fourth-order valence-corrected chi connectivity index (χ4v) is 3.49. The van der Waals surface area contributed by atoms with Crippen LogP contribution in [0.3, 0.4) is 0 Å². The fourth-order valence-electron chi connectivity index (χ4n) is 3.49. The molecular weight excluding hydrogens is 243 g/mol. The normalized spacial score (nSPS) is 29.6. The van der Waals surface area contributed by atoms with E-state index >= 15 is 0 Å². The molecule has 0 spiro atoms. The first-order valence-corrected chi connectivity index (χ1v) is 6.94. The lowest BCUT2D eigenvalue weighted by atomic mass is 9.97. The van der Waals surface area contributed by atoms with Crippen LogP contribution in [0.5, 0.6) is 0 Å².